The van der Waals surface area contributed by atoms with E-state index in [9.17, 15) is 0 Å². The van der Waals surface area contributed by atoms with Crippen LogP contribution >= 0.6 is 15.9 Å². The van der Waals surface area contributed by atoms with Crippen LogP contribution in [-0.2, 0) is 6.54 Å². The molecule has 1 N–H and O–H groups in total. The van der Waals surface area contributed by atoms with E-state index in [1.165, 1.54) is 32.1 Å². The lowest BCUT2D eigenvalue weighted by molar-refractivity contribution is 0.207. The second kappa shape index (κ2) is 7.87. The Hall–Kier alpha value is -0.980. The fourth-order valence-electron chi connectivity index (χ4n) is 3.03. The van der Waals surface area contributed by atoms with E-state index in [1.807, 2.05) is 12.1 Å². The van der Waals surface area contributed by atoms with Crippen molar-refractivity contribution in [2.24, 2.45) is 5.41 Å². The van der Waals surface area contributed by atoms with Gasteiger partial charge in [-0.3, -0.25) is 0 Å². The summed E-state index contributed by atoms with van der Waals surface area (Å²) in [6.45, 7) is 4.59. The highest BCUT2D eigenvalue weighted by Gasteiger charge is 2.26. The Kier molecular flexibility index (Phi) is 6.14. The summed E-state index contributed by atoms with van der Waals surface area (Å²) < 4.78 is 6.68. The number of rotatable bonds is 6. The summed E-state index contributed by atoms with van der Waals surface area (Å²) in [5.74, 6) is 3.39. The Balaban J connectivity index is 1.92. The highest BCUT2D eigenvalue weighted by atomic mass is 79.9. The van der Waals surface area contributed by atoms with Crippen LogP contribution < -0.4 is 10.1 Å². The standard InChI is InChI=1S/C18H24BrNO/c1-3-11-21-17-8-7-16(19)12-15(17)13-20-14-18(2)9-5-4-6-10-18/h1,7-8,12,20H,4-6,9-11,13-14H2,2H3. The molecule has 0 amide bonds. The minimum Gasteiger partial charge on any atom is -0.481 e. The molecule has 0 spiro atoms. The first-order chi connectivity index (χ1) is 10.1. The first-order valence-corrected chi connectivity index (χ1v) is 8.48. The van der Waals surface area contributed by atoms with Crippen molar-refractivity contribution in [3.63, 3.8) is 0 Å². The minimum atomic E-state index is 0.312. The molecule has 0 saturated heterocycles. The molecule has 21 heavy (non-hydrogen) atoms. The molecule has 0 unspecified atom stereocenters. The lowest BCUT2D eigenvalue weighted by atomic mass is 9.76. The SMILES string of the molecule is C#CCOc1ccc(Br)cc1CNCC1(C)CCCCC1. The van der Waals surface area contributed by atoms with Crippen molar-refractivity contribution in [1.82, 2.24) is 5.32 Å². The average molecular weight is 350 g/mol. The van der Waals surface area contributed by atoms with Gasteiger partial charge in [0.15, 0.2) is 0 Å². The van der Waals surface area contributed by atoms with Gasteiger partial charge in [-0.05, 0) is 36.5 Å². The van der Waals surface area contributed by atoms with Crippen LogP contribution in [0.15, 0.2) is 22.7 Å². The molecule has 2 nitrogen and oxygen atoms in total. The largest absolute Gasteiger partial charge is 0.481 e. The molecule has 1 aliphatic rings. The molecule has 1 aromatic rings. The lowest BCUT2D eigenvalue weighted by Gasteiger charge is -2.33. The Labute approximate surface area is 136 Å². The van der Waals surface area contributed by atoms with Crippen LogP contribution in [0.25, 0.3) is 0 Å². The van der Waals surface area contributed by atoms with Gasteiger partial charge in [0.25, 0.3) is 0 Å². The fourth-order valence-corrected chi connectivity index (χ4v) is 3.44. The van der Waals surface area contributed by atoms with Gasteiger partial charge in [0.05, 0.1) is 0 Å². The summed E-state index contributed by atoms with van der Waals surface area (Å²) in [5.41, 5.74) is 1.60. The van der Waals surface area contributed by atoms with Crippen molar-refractivity contribution >= 4 is 15.9 Å². The Morgan fingerprint density at radius 1 is 1.33 bits per heavy atom. The lowest BCUT2D eigenvalue weighted by Crippen LogP contribution is -2.33. The van der Waals surface area contributed by atoms with Gasteiger partial charge in [0.2, 0.25) is 0 Å². The molecular weight excluding hydrogens is 326 g/mol. The van der Waals surface area contributed by atoms with Gasteiger partial charge in [0, 0.05) is 23.1 Å². The summed E-state index contributed by atoms with van der Waals surface area (Å²) >= 11 is 3.52. The normalized spacial score (nSPS) is 17.2. The van der Waals surface area contributed by atoms with Crippen LogP contribution in [0.4, 0.5) is 0 Å². The number of benzene rings is 1. The van der Waals surface area contributed by atoms with E-state index >= 15 is 0 Å². The van der Waals surface area contributed by atoms with Crippen LogP contribution in [-0.4, -0.2) is 13.2 Å². The van der Waals surface area contributed by atoms with Gasteiger partial charge in [-0.25, -0.2) is 0 Å². The third kappa shape index (κ3) is 5.05. The molecule has 0 heterocycles. The molecule has 0 aromatic heterocycles. The molecule has 114 valence electrons. The Bertz CT molecular complexity index is 500. The quantitative estimate of drug-likeness (QED) is 0.762. The van der Waals surface area contributed by atoms with Crippen molar-refractivity contribution in [2.45, 2.75) is 45.6 Å². The Morgan fingerprint density at radius 2 is 2.10 bits per heavy atom. The van der Waals surface area contributed by atoms with E-state index < -0.39 is 0 Å². The third-order valence-corrected chi connectivity index (χ3v) is 4.75. The summed E-state index contributed by atoms with van der Waals surface area (Å²) in [7, 11) is 0. The van der Waals surface area contributed by atoms with Crippen molar-refractivity contribution < 1.29 is 4.74 Å². The molecule has 1 fully saturated rings. The molecule has 1 aliphatic carbocycles. The third-order valence-electron chi connectivity index (χ3n) is 4.26. The van der Waals surface area contributed by atoms with E-state index in [4.69, 9.17) is 11.2 Å². The summed E-state index contributed by atoms with van der Waals surface area (Å²) in [6.07, 6.45) is 12.1. The molecule has 1 saturated carbocycles. The highest BCUT2D eigenvalue weighted by molar-refractivity contribution is 9.10. The topological polar surface area (TPSA) is 21.3 Å². The predicted octanol–water partition coefficient (Wildman–Crippen LogP) is 4.52. The van der Waals surface area contributed by atoms with Gasteiger partial charge in [-0.2, -0.15) is 0 Å². The summed E-state index contributed by atoms with van der Waals surface area (Å²) in [4.78, 5) is 0. The monoisotopic (exact) mass is 349 g/mol. The van der Waals surface area contributed by atoms with Gasteiger partial charge in [-0.1, -0.05) is 48.0 Å². The van der Waals surface area contributed by atoms with Crippen LogP contribution in [0.1, 0.15) is 44.6 Å². The molecule has 0 aliphatic heterocycles. The maximum absolute atomic E-state index is 5.61. The van der Waals surface area contributed by atoms with Crippen LogP contribution in [0.5, 0.6) is 5.75 Å². The average Bonchev–Trinajstić information content (AvgIpc) is 2.47. The van der Waals surface area contributed by atoms with E-state index in [2.05, 4.69) is 40.2 Å². The molecular formula is C18H24BrNO. The van der Waals surface area contributed by atoms with Crippen LogP contribution in [0.2, 0.25) is 0 Å². The van der Waals surface area contributed by atoms with E-state index in [0.29, 0.717) is 12.0 Å². The number of hydrogen-bond acceptors (Lipinski definition) is 2. The highest BCUT2D eigenvalue weighted by Crippen LogP contribution is 2.35. The Morgan fingerprint density at radius 3 is 2.81 bits per heavy atom. The number of ether oxygens (including phenoxy) is 1. The van der Waals surface area contributed by atoms with E-state index in [-0.39, 0.29) is 0 Å². The number of halogens is 1. The van der Waals surface area contributed by atoms with Gasteiger partial charge in [-0.15, -0.1) is 6.42 Å². The van der Waals surface area contributed by atoms with Crippen LogP contribution in [0.3, 0.4) is 0 Å². The zero-order valence-electron chi connectivity index (χ0n) is 12.8. The van der Waals surface area contributed by atoms with E-state index in [0.717, 1.165) is 28.9 Å². The molecule has 1 aromatic carbocycles. The van der Waals surface area contributed by atoms with Crippen molar-refractivity contribution in [3.8, 4) is 18.1 Å². The van der Waals surface area contributed by atoms with Gasteiger partial charge < -0.3 is 10.1 Å². The number of nitrogens with one attached hydrogen (secondary N) is 1. The maximum Gasteiger partial charge on any atom is 0.148 e. The first-order valence-electron chi connectivity index (χ1n) is 7.68. The summed E-state index contributed by atoms with van der Waals surface area (Å²) in [5, 5.41) is 3.60. The second-order valence-electron chi connectivity index (χ2n) is 6.22. The molecule has 0 bridgehead atoms. The number of terminal acetylenes is 1. The van der Waals surface area contributed by atoms with Crippen molar-refractivity contribution in [1.29, 1.82) is 0 Å². The molecule has 2 rings (SSSR count). The smallest absolute Gasteiger partial charge is 0.148 e. The fraction of sp³-hybridized carbons (Fsp3) is 0.556. The van der Waals surface area contributed by atoms with Gasteiger partial charge in [0.1, 0.15) is 12.4 Å². The van der Waals surface area contributed by atoms with Crippen molar-refractivity contribution in [3.05, 3.63) is 28.2 Å². The second-order valence-corrected chi connectivity index (χ2v) is 7.14. The first kappa shape index (κ1) is 16.4. The zero-order chi connectivity index (χ0) is 15.1. The molecule has 3 heteroatoms. The van der Waals surface area contributed by atoms with Crippen LogP contribution in [0, 0.1) is 17.8 Å². The van der Waals surface area contributed by atoms with Gasteiger partial charge >= 0.3 is 0 Å². The number of hydrogen-bond donors (Lipinski definition) is 1. The summed E-state index contributed by atoms with van der Waals surface area (Å²) in [6, 6.07) is 6.06. The molecule has 0 atom stereocenters. The predicted molar refractivity (Wildman–Crippen MR) is 91.4 cm³/mol. The van der Waals surface area contributed by atoms with E-state index in [1.54, 1.807) is 0 Å². The molecule has 0 radical (unpaired) electrons. The minimum absolute atomic E-state index is 0.312. The van der Waals surface area contributed by atoms with Crippen molar-refractivity contribution in [2.75, 3.05) is 13.2 Å². The zero-order valence-corrected chi connectivity index (χ0v) is 14.3. The maximum atomic E-state index is 5.61.